The third kappa shape index (κ3) is 3.01. The molecule has 0 aliphatic carbocycles. The van der Waals surface area contributed by atoms with Gasteiger partial charge >= 0.3 is 0 Å². The quantitative estimate of drug-likeness (QED) is 0.629. The van der Waals surface area contributed by atoms with Crippen LogP contribution in [0.2, 0.25) is 0 Å². The Labute approximate surface area is 109 Å². The summed E-state index contributed by atoms with van der Waals surface area (Å²) in [6, 6.07) is 13.4. The van der Waals surface area contributed by atoms with Crippen LogP contribution in [0, 0.1) is 0 Å². The van der Waals surface area contributed by atoms with E-state index >= 15 is 0 Å². The molecule has 0 saturated heterocycles. The van der Waals surface area contributed by atoms with E-state index in [0.717, 1.165) is 15.7 Å². The Morgan fingerprint density at radius 2 is 2.06 bits per heavy atom. The molecule has 0 aliphatic rings. The third-order valence-corrected chi connectivity index (χ3v) is 3.14. The first-order chi connectivity index (χ1) is 8.16. The zero-order chi connectivity index (χ0) is 12.3. The standard InChI is InChI=1S/C14H13BrNO/c1-16-8-3-2-7-13(16)10-14(17)11-5-4-6-12(15)9-11/h2-9H,10H2,1H3/q+1. The highest BCUT2D eigenvalue weighted by atomic mass is 79.9. The van der Waals surface area contributed by atoms with Gasteiger partial charge in [0.25, 0.3) is 0 Å². The molecule has 0 saturated carbocycles. The number of benzene rings is 1. The normalized spacial score (nSPS) is 10.2. The van der Waals surface area contributed by atoms with E-state index in [2.05, 4.69) is 15.9 Å². The van der Waals surface area contributed by atoms with E-state index in [1.165, 1.54) is 0 Å². The number of carbonyl (C=O) groups is 1. The molecule has 0 atom stereocenters. The van der Waals surface area contributed by atoms with Gasteiger partial charge in [0.2, 0.25) is 0 Å². The predicted molar refractivity (Wildman–Crippen MR) is 69.8 cm³/mol. The number of nitrogens with zero attached hydrogens (tertiary/aromatic N) is 1. The lowest BCUT2D eigenvalue weighted by atomic mass is 10.1. The molecule has 86 valence electrons. The molecule has 1 aromatic carbocycles. The lowest BCUT2D eigenvalue weighted by Crippen LogP contribution is -2.33. The number of hydrogen-bond acceptors (Lipinski definition) is 1. The Balaban J connectivity index is 2.20. The second kappa shape index (κ2) is 5.23. The molecule has 2 aromatic rings. The van der Waals surface area contributed by atoms with Crippen molar-refractivity contribution < 1.29 is 9.36 Å². The van der Waals surface area contributed by atoms with Crippen molar-refractivity contribution in [2.45, 2.75) is 6.42 Å². The fraction of sp³-hybridized carbons (Fsp3) is 0.143. The maximum Gasteiger partial charge on any atom is 0.188 e. The van der Waals surface area contributed by atoms with Gasteiger partial charge in [-0.25, -0.2) is 4.57 Å². The Kier molecular flexibility index (Phi) is 3.69. The molecule has 2 rings (SSSR count). The zero-order valence-corrected chi connectivity index (χ0v) is 11.1. The van der Waals surface area contributed by atoms with Gasteiger partial charge in [-0.15, -0.1) is 0 Å². The Morgan fingerprint density at radius 1 is 1.24 bits per heavy atom. The minimum atomic E-state index is 0.133. The summed E-state index contributed by atoms with van der Waals surface area (Å²) in [4.78, 5) is 12.1. The van der Waals surface area contributed by atoms with E-state index < -0.39 is 0 Å². The fourth-order valence-corrected chi connectivity index (χ4v) is 2.07. The summed E-state index contributed by atoms with van der Waals surface area (Å²) in [5.41, 5.74) is 1.75. The maximum absolute atomic E-state index is 12.1. The van der Waals surface area contributed by atoms with Crippen LogP contribution < -0.4 is 4.57 Å². The number of aromatic nitrogens is 1. The molecule has 2 nitrogen and oxygen atoms in total. The number of rotatable bonds is 3. The van der Waals surface area contributed by atoms with Crippen LogP contribution in [0.5, 0.6) is 0 Å². The van der Waals surface area contributed by atoms with E-state index in [9.17, 15) is 4.79 Å². The minimum Gasteiger partial charge on any atom is -0.294 e. The molecule has 0 fully saturated rings. The van der Waals surface area contributed by atoms with Crippen LogP contribution >= 0.6 is 15.9 Å². The van der Waals surface area contributed by atoms with Crippen molar-refractivity contribution >= 4 is 21.7 Å². The molecule has 1 aromatic heterocycles. The van der Waals surface area contributed by atoms with Crippen LogP contribution in [-0.4, -0.2) is 5.78 Å². The van der Waals surface area contributed by atoms with Gasteiger partial charge in [0, 0.05) is 22.2 Å². The van der Waals surface area contributed by atoms with E-state index in [1.54, 1.807) is 0 Å². The van der Waals surface area contributed by atoms with Gasteiger partial charge in [-0.2, -0.15) is 0 Å². The van der Waals surface area contributed by atoms with E-state index in [4.69, 9.17) is 0 Å². The average molecular weight is 291 g/mol. The minimum absolute atomic E-state index is 0.133. The second-order valence-corrected chi connectivity index (χ2v) is 4.83. The van der Waals surface area contributed by atoms with Crippen molar-refractivity contribution in [3.05, 3.63) is 64.4 Å². The molecule has 0 amide bonds. The van der Waals surface area contributed by atoms with Gasteiger partial charge in [0.15, 0.2) is 17.7 Å². The van der Waals surface area contributed by atoms with Crippen molar-refractivity contribution in [1.82, 2.24) is 0 Å². The average Bonchev–Trinajstić information content (AvgIpc) is 2.32. The lowest BCUT2D eigenvalue weighted by Gasteiger charge is -2.01. The lowest BCUT2D eigenvalue weighted by molar-refractivity contribution is -0.678. The summed E-state index contributed by atoms with van der Waals surface area (Å²) in [5, 5.41) is 0. The first-order valence-electron chi connectivity index (χ1n) is 5.39. The summed E-state index contributed by atoms with van der Waals surface area (Å²) >= 11 is 3.37. The van der Waals surface area contributed by atoms with Crippen LogP contribution in [0.25, 0.3) is 0 Å². The number of pyridine rings is 1. The van der Waals surface area contributed by atoms with Gasteiger partial charge in [0.1, 0.15) is 7.05 Å². The molecular weight excluding hydrogens is 278 g/mol. The van der Waals surface area contributed by atoms with Crippen molar-refractivity contribution in [1.29, 1.82) is 0 Å². The van der Waals surface area contributed by atoms with Crippen LogP contribution in [0.4, 0.5) is 0 Å². The largest absolute Gasteiger partial charge is 0.294 e. The van der Waals surface area contributed by atoms with Gasteiger partial charge in [0.05, 0.1) is 6.42 Å². The molecule has 0 radical (unpaired) electrons. The van der Waals surface area contributed by atoms with Crippen molar-refractivity contribution in [3.63, 3.8) is 0 Å². The molecule has 0 bridgehead atoms. The first-order valence-corrected chi connectivity index (χ1v) is 6.18. The summed E-state index contributed by atoms with van der Waals surface area (Å²) < 4.78 is 2.90. The smallest absolute Gasteiger partial charge is 0.188 e. The maximum atomic E-state index is 12.1. The highest BCUT2D eigenvalue weighted by Gasteiger charge is 2.13. The van der Waals surface area contributed by atoms with Crippen molar-refractivity contribution in [3.8, 4) is 0 Å². The number of ketones is 1. The molecule has 17 heavy (non-hydrogen) atoms. The van der Waals surface area contributed by atoms with Crippen molar-refractivity contribution in [2.75, 3.05) is 0 Å². The topological polar surface area (TPSA) is 20.9 Å². The first kappa shape index (κ1) is 12.0. The van der Waals surface area contributed by atoms with E-state index in [1.807, 2.05) is 60.3 Å². The predicted octanol–water partition coefficient (Wildman–Crippen LogP) is 2.70. The van der Waals surface area contributed by atoms with Crippen LogP contribution in [-0.2, 0) is 13.5 Å². The molecule has 1 heterocycles. The monoisotopic (exact) mass is 290 g/mol. The second-order valence-electron chi connectivity index (χ2n) is 3.91. The molecular formula is C14H13BrNO+. The zero-order valence-electron chi connectivity index (χ0n) is 9.56. The van der Waals surface area contributed by atoms with E-state index in [0.29, 0.717) is 6.42 Å². The molecule has 3 heteroatoms. The van der Waals surface area contributed by atoms with Crippen molar-refractivity contribution in [2.24, 2.45) is 7.05 Å². The van der Waals surface area contributed by atoms with Gasteiger partial charge in [-0.1, -0.05) is 34.1 Å². The Hall–Kier alpha value is -1.48. The highest BCUT2D eigenvalue weighted by molar-refractivity contribution is 9.10. The summed E-state index contributed by atoms with van der Waals surface area (Å²) in [6.07, 6.45) is 2.37. The molecule has 0 unspecified atom stereocenters. The molecule has 0 spiro atoms. The number of aryl methyl sites for hydroxylation is 1. The van der Waals surface area contributed by atoms with Gasteiger partial charge < -0.3 is 0 Å². The fourth-order valence-electron chi connectivity index (χ4n) is 1.67. The number of carbonyl (C=O) groups excluding carboxylic acids is 1. The highest BCUT2D eigenvalue weighted by Crippen LogP contribution is 2.13. The van der Waals surface area contributed by atoms with Gasteiger partial charge in [-0.3, -0.25) is 4.79 Å². The molecule has 0 aliphatic heterocycles. The number of hydrogen-bond donors (Lipinski definition) is 0. The SMILES string of the molecule is C[n+]1ccccc1CC(=O)c1cccc(Br)c1. The van der Waals surface area contributed by atoms with Gasteiger partial charge in [-0.05, 0) is 12.1 Å². The summed E-state index contributed by atoms with van der Waals surface area (Å²) in [5.74, 6) is 0.133. The van der Waals surface area contributed by atoms with Crippen LogP contribution in [0.3, 0.4) is 0 Å². The Morgan fingerprint density at radius 3 is 2.76 bits per heavy atom. The van der Waals surface area contributed by atoms with Crippen LogP contribution in [0.15, 0.2) is 53.1 Å². The third-order valence-electron chi connectivity index (χ3n) is 2.65. The summed E-state index contributed by atoms with van der Waals surface area (Å²) in [7, 11) is 1.95. The van der Waals surface area contributed by atoms with E-state index in [-0.39, 0.29) is 5.78 Å². The number of halogens is 1. The van der Waals surface area contributed by atoms with Crippen LogP contribution in [0.1, 0.15) is 16.1 Å². The Bertz CT molecular complexity index is 551. The number of Topliss-reactive ketones (excluding diaryl/α,β-unsaturated/α-hetero) is 1. The summed E-state index contributed by atoms with van der Waals surface area (Å²) in [6.45, 7) is 0. The molecule has 0 N–H and O–H groups in total.